The van der Waals surface area contributed by atoms with Crippen molar-refractivity contribution in [1.29, 1.82) is 0 Å². The van der Waals surface area contributed by atoms with E-state index in [2.05, 4.69) is 91.9 Å². The molecule has 2 aromatic carbocycles. The zero-order chi connectivity index (χ0) is 20.8. The van der Waals surface area contributed by atoms with Gasteiger partial charge in [0.25, 0.3) is 0 Å². The monoisotopic (exact) mass is 400 g/mol. The SMILES string of the molecule is CC1C=CC2=C(CC(c3ccccc3-c3ccccc3C3=CC4=C(CCC=C4)C3)=C2)C1. The Kier molecular flexibility index (Phi) is 4.53. The standard InChI is InChI=1S/C31H28/c1-21-14-15-24-19-27(20-25(24)16-21)29-11-5-7-13-31(29)30-12-6-4-10-28(30)26-17-22-8-2-3-9-23(22)18-26/h2,4-8,10-15,17,19,21H,3,9,16,18,20H2,1H3. The summed E-state index contributed by atoms with van der Waals surface area (Å²) in [6.45, 7) is 2.32. The molecule has 0 aromatic heterocycles. The fraction of sp³-hybridized carbons (Fsp3) is 0.226. The molecule has 0 bridgehead atoms. The second-order valence-corrected chi connectivity index (χ2v) is 9.38. The van der Waals surface area contributed by atoms with E-state index in [1.54, 1.807) is 11.1 Å². The highest BCUT2D eigenvalue weighted by molar-refractivity contribution is 5.91. The number of allylic oxidation sites excluding steroid dienone is 12. The summed E-state index contributed by atoms with van der Waals surface area (Å²) in [5.74, 6) is 0.657. The Balaban J connectivity index is 1.39. The van der Waals surface area contributed by atoms with Gasteiger partial charge in [-0.3, -0.25) is 0 Å². The Morgan fingerprint density at radius 2 is 1.26 bits per heavy atom. The molecule has 0 nitrogen and oxygen atoms in total. The third-order valence-electron chi connectivity index (χ3n) is 7.20. The van der Waals surface area contributed by atoms with Crippen molar-refractivity contribution < 1.29 is 0 Å². The highest BCUT2D eigenvalue weighted by atomic mass is 14.3. The molecule has 0 saturated carbocycles. The lowest BCUT2D eigenvalue weighted by Crippen LogP contribution is -1.98. The van der Waals surface area contributed by atoms with Gasteiger partial charge in [-0.05, 0) is 82.6 Å². The molecule has 0 radical (unpaired) electrons. The fourth-order valence-electron chi connectivity index (χ4n) is 5.63. The average molecular weight is 401 g/mol. The first kappa shape index (κ1) is 18.6. The van der Waals surface area contributed by atoms with Crippen LogP contribution in [-0.4, -0.2) is 0 Å². The van der Waals surface area contributed by atoms with Crippen LogP contribution in [0.3, 0.4) is 0 Å². The first-order chi connectivity index (χ1) is 15.3. The van der Waals surface area contributed by atoms with Crippen LogP contribution in [-0.2, 0) is 0 Å². The minimum atomic E-state index is 0.657. The molecule has 1 unspecified atom stereocenters. The molecule has 0 aliphatic heterocycles. The zero-order valence-corrected chi connectivity index (χ0v) is 18.2. The quantitative estimate of drug-likeness (QED) is 0.485. The van der Waals surface area contributed by atoms with Gasteiger partial charge in [0.2, 0.25) is 0 Å². The second-order valence-electron chi connectivity index (χ2n) is 9.38. The summed E-state index contributed by atoms with van der Waals surface area (Å²) >= 11 is 0. The molecule has 0 fully saturated rings. The first-order valence-corrected chi connectivity index (χ1v) is 11.7. The van der Waals surface area contributed by atoms with Crippen LogP contribution in [0.2, 0.25) is 0 Å². The van der Waals surface area contributed by atoms with E-state index >= 15 is 0 Å². The molecule has 4 aliphatic rings. The van der Waals surface area contributed by atoms with Crippen LogP contribution < -0.4 is 0 Å². The molecule has 1 atom stereocenters. The number of hydrogen-bond donors (Lipinski definition) is 0. The number of rotatable bonds is 3. The Labute approximate surface area is 185 Å². The van der Waals surface area contributed by atoms with Crippen molar-refractivity contribution in [3.8, 4) is 11.1 Å². The van der Waals surface area contributed by atoms with Gasteiger partial charge in [0.15, 0.2) is 0 Å². The van der Waals surface area contributed by atoms with Gasteiger partial charge in [0.1, 0.15) is 0 Å². The molecule has 31 heavy (non-hydrogen) atoms. The van der Waals surface area contributed by atoms with E-state index in [4.69, 9.17) is 0 Å². The Morgan fingerprint density at radius 3 is 1.90 bits per heavy atom. The minimum absolute atomic E-state index is 0.657. The lowest BCUT2D eigenvalue weighted by Gasteiger charge is -2.17. The molecule has 152 valence electrons. The largest absolute Gasteiger partial charge is 0.0836 e. The highest BCUT2D eigenvalue weighted by Gasteiger charge is 2.24. The Bertz CT molecular complexity index is 1250. The summed E-state index contributed by atoms with van der Waals surface area (Å²) in [6.07, 6.45) is 20.0. The van der Waals surface area contributed by atoms with E-state index in [-0.39, 0.29) is 0 Å². The van der Waals surface area contributed by atoms with E-state index in [0.717, 1.165) is 12.8 Å². The van der Waals surface area contributed by atoms with E-state index in [9.17, 15) is 0 Å². The summed E-state index contributed by atoms with van der Waals surface area (Å²) in [7, 11) is 0. The molecule has 2 aromatic rings. The molecule has 0 spiro atoms. The molecule has 0 heterocycles. The molecule has 0 heteroatoms. The van der Waals surface area contributed by atoms with Crippen LogP contribution in [0.1, 0.15) is 50.2 Å². The highest BCUT2D eigenvalue weighted by Crippen LogP contribution is 2.45. The molecule has 0 N–H and O–H groups in total. The number of hydrogen-bond acceptors (Lipinski definition) is 0. The van der Waals surface area contributed by atoms with Crippen molar-refractivity contribution in [2.75, 3.05) is 0 Å². The molecular weight excluding hydrogens is 372 g/mol. The number of benzene rings is 2. The smallest absolute Gasteiger partial charge is 0.00515 e. The minimum Gasteiger partial charge on any atom is -0.0836 e. The van der Waals surface area contributed by atoms with Crippen molar-refractivity contribution in [1.82, 2.24) is 0 Å². The lowest BCUT2D eigenvalue weighted by molar-refractivity contribution is 0.697. The van der Waals surface area contributed by atoms with E-state index < -0.39 is 0 Å². The third kappa shape index (κ3) is 3.31. The van der Waals surface area contributed by atoms with Gasteiger partial charge >= 0.3 is 0 Å². The van der Waals surface area contributed by atoms with Gasteiger partial charge in [-0.15, -0.1) is 0 Å². The maximum atomic E-state index is 2.43. The van der Waals surface area contributed by atoms with Crippen LogP contribution in [0.25, 0.3) is 22.3 Å². The fourth-order valence-corrected chi connectivity index (χ4v) is 5.63. The van der Waals surface area contributed by atoms with Crippen LogP contribution in [0.4, 0.5) is 0 Å². The molecule has 0 amide bonds. The van der Waals surface area contributed by atoms with Crippen LogP contribution in [0, 0.1) is 5.92 Å². The summed E-state index contributed by atoms with van der Waals surface area (Å²) in [5.41, 5.74) is 14.5. The van der Waals surface area contributed by atoms with Gasteiger partial charge in [0, 0.05) is 0 Å². The summed E-state index contributed by atoms with van der Waals surface area (Å²) < 4.78 is 0. The normalized spacial score (nSPS) is 21.9. The van der Waals surface area contributed by atoms with Crippen LogP contribution >= 0.6 is 0 Å². The molecular formula is C31H28. The van der Waals surface area contributed by atoms with Crippen molar-refractivity contribution in [2.45, 2.75) is 39.0 Å². The summed E-state index contributed by atoms with van der Waals surface area (Å²) in [5, 5.41) is 0. The molecule has 0 saturated heterocycles. The van der Waals surface area contributed by atoms with Gasteiger partial charge in [-0.25, -0.2) is 0 Å². The van der Waals surface area contributed by atoms with Gasteiger partial charge in [-0.2, -0.15) is 0 Å². The zero-order valence-electron chi connectivity index (χ0n) is 18.2. The topological polar surface area (TPSA) is 0 Å². The van der Waals surface area contributed by atoms with Gasteiger partial charge < -0.3 is 0 Å². The maximum absolute atomic E-state index is 2.43. The Morgan fingerprint density at radius 1 is 0.677 bits per heavy atom. The van der Waals surface area contributed by atoms with E-state index in [1.807, 2.05) is 0 Å². The van der Waals surface area contributed by atoms with Crippen molar-refractivity contribution >= 4 is 11.1 Å². The first-order valence-electron chi connectivity index (χ1n) is 11.7. The second kappa shape index (κ2) is 7.54. The lowest BCUT2D eigenvalue weighted by atomic mass is 9.87. The average Bonchev–Trinajstić information content (AvgIpc) is 3.43. The maximum Gasteiger partial charge on any atom is -0.00515 e. The van der Waals surface area contributed by atoms with Crippen molar-refractivity contribution in [3.63, 3.8) is 0 Å². The third-order valence-corrected chi connectivity index (χ3v) is 7.20. The summed E-state index contributed by atoms with van der Waals surface area (Å²) in [4.78, 5) is 0. The van der Waals surface area contributed by atoms with E-state index in [1.165, 1.54) is 63.8 Å². The molecule has 4 aliphatic carbocycles. The predicted molar refractivity (Wildman–Crippen MR) is 132 cm³/mol. The van der Waals surface area contributed by atoms with Crippen LogP contribution in [0.5, 0.6) is 0 Å². The summed E-state index contributed by atoms with van der Waals surface area (Å²) in [6, 6.07) is 18.0. The van der Waals surface area contributed by atoms with Crippen molar-refractivity contribution in [3.05, 3.63) is 118 Å². The molecule has 6 rings (SSSR count). The van der Waals surface area contributed by atoms with Gasteiger partial charge in [-0.1, -0.05) is 103 Å². The Hall–Kier alpha value is -3.12. The van der Waals surface area contributed by atoms with Gasteiger partial charge in [0.05, 0.1) is 0 Å². The van der Waals surface area contributed by atoms with Crippen LogP contribution in [0.15, 0.2) is 107 Å². The van der Waals surface area contributed by atoms with Crippen molar-refractivity contribution in [2.24, 2.45) is 5.92 Å². The predicted octanol–water partition coefficient (Wildman–Crippen LogP) is 8.47. The van der Waals surface area contributed by atoms with E-state index in [0.29, 0.717) is 5.92 Å².